The number of aliphatic hydroxyl groups excluding tert-OH is 1. The van der Waals surface area contributed by atoms with Crippen LogP contribution in [0.25, 0.3) is 11.1 Å². The Labute approximate surface area is 173 Å². The summed E-state index contributed by atoms with van der Waals surface area (Å²) in [6.07, 6.45) is -1.18. The summed E-state index contributed by atoms with van der Waals surface area (Å²) in [4.78, 5) is 35.3. The third kappa shape index (κ3) is 4.96. The van der Waals surface area contributed by atoms with Crippen LogP contribution in [0.15, 0.2) is 48.5 Å². The van der Waals surface area contributed by atoms with Gasteiger partial charge in [-0.1, -0.05) is 48.5 Å². The van der Waals surface area contributed by atoms with Gasteiger partial charge in [0.15, 0.2) is 0 Å². The maximum Gasteiger partial charge on any atom is 0.407 e. The van der Waals surface area contributed by atoms with Crippen molar-refractivity contribution in [2.75, 3.05) is 19.8 Å². The second kappa shape index (κ2) is 9.89. The molecule has 2 aromatic carbocycles. The van der Waals surface area contributed by atoms with Gasteiger partial charge in [0.25, 0.3) is 0 Å². The number of carboxylic acids is 1. The van der Waals surface area contributed by atoms with Gasteiger partial charge in [-0.15, -0.1) is 0 Å². The summed E-state index contributed by atoms with van der Waals surface area (Å²) in [6, 6.07) is 14.8. The number of benzene rings is 2. The Kier molecular flexibility index (Phi) is 7.03. The van der Waals surface area contributed by atoms with Crippen molar-refractivity contribution in [2.24, 2.45) is 0 Å². The van der Waals surface area contributed by atoms with E-state index < -0.39 is 24.0 Å². The highest BCUT2D eigenvalue weighted by Crippen LogP contribution is 2.44. The first kappa shape index (κ1) is 21.3. The lowest BCUT2D eigenvalue weighted by Gasteiger charge is -2.19. The molecule has 0 heterocycles. The zero-order chi connectivity index (χ0) is 21.5. The Bertz CT molecular complexity index is 884. The molecule has 1 aliphatic carbocycles. The number of rotatable bonds is 9. The Hall–Kier alpha value is -3.39. The average molecular weight is 412 g/mol. The molecule has 3 rings (SSSR count). The number of amides is 2. The lowest BCUT2D eigenvalue weighted by molar-refractivity contribution is -0.137. The summed E-state index contributed by atoms with van der Waals surface area (Å²) in [5.41, 5.74) is 4.33. The molecule has 0 saturated heterocycles. The second-order valence-corrected chi connectivity index (χ2v) is 6.97. The fourth-order valence-corrected chi connectivity index (χ4v) is 3.62. The van der Waals surface area contributed by atoms with Crippen molar-refractivity contribution in [3.8, 4) is 11.1 Å². The molecule has 30 heavy (non-hydrogen) atoms. The van der Waals surface area contributed by atoms with Gasteiger partial charge in [0.2, 0.25) is 5.91 Å². The molecule has 1 aliphatic rings. The number of fused-ring (bicyclic) bond motifs is 3. The summed E-state index contributed by atoms with van der Waals surface area (Å²) >= 11 is 0. The van der Waals surface area contributed by atoms with Crippen LogP contribution in [-0.4, -0.2) is 54.0 Å². The number of nitrogens with one attached hydrogen (secondary N) is 2. The quantitative estimate of drug-likeness (QED) is 0.498. The summed E-state index contributed by atoms with van der Waals surface area (Å²) in [5, 5.41) is 22.6. The van der Waals surface area contributed by atoms with E-state index in [1.165, 1.54) is 0 Å². The summed E-state index contributed by atoms with van der Waals surface area (Å²) < 4.78 is 5.40. The van der Waals surface area contributed by atoms with Gasteiger partial charge in [-0.25, -0.2) is 4.79 Å². The van der Waals surface area contributed by atoms with Crippen LogP contribution < -0.4 is 10.6 Å². The van der Waals surface area contributed by atoms with Gasteiger partial charge in [0.05, 0.1) is 6.61 Å². The molecule has 1 atom stereocenters. The second-order valence-electron chi connectivity index (χ2n) is 6.97. The number of carboxylic acid groups (broad SMARTS) is 1. The monoisotopic (exact) mass is 412 g/mol. The molecule has 4 N–H and O–H groups in total. The SMILES string of the molecule is O=C(O)CCC(NC(=O)OCC1c2ccccc2-c2ccccc21)C(=O)NCCO. The minimum absolute atomic E-state index is 0.00870. The van der Waals surface area contributed by atoms with Gasteiger partial charge >= 0.3 is 12.1 Å². The van der Waals surface area contributed by atoms with Gasteiger partial charge in [0, 0.05) is 18.9 Å². The fraction of sp³-hybridized carbons (Fsp3) is 0.318. The predicted octanol–water partition coefficient (Wildman–Crippen LogP) is 1.87. The van der Waals surface area contributed by atoms with Crippen molar-refractivity contribution >= 4 is 18.0 Å². The third-order valence-electron chi connectivity index (χ3n) is 5.01. The Balaban J connectivity index is 1.65. The first-order valence-corrected chi connectivity index (χ1v) is 9.73. The molecule has 8 heteroatoms. The topological polar surface area (TPSA) is 125 Å². The number of hydrogen-bond donors (Lipinski definition) is 4. The molecular formula is C22H24N2O6. The highest BCUT2D eigenvalue weighted by Gasteiger charge is 2.29. The third-order valence-corrected chi connectivity index (χ3v) is 5.01. The number of aliphatic carboxylic acids is 1. The zero-order valence-electron chi connectivity index (χ0n) is 16.3. The van der Waals surface area contributed by atoms with E-state index in [4.69, 9.17) is 14.9 Å². The normalized spacial score (nSPS) is 13.1. The van der Waals surface area contributed by atoms with E-state index in [2.05, 4.69) is 10.6 Å². The summed E-state index contributed by atoms with van der Waals surface area (Å²) in [7, 11) is 0. The first-order valence-electron chi connectivity index (χ1n) is 9.73. The number of alkyl carbamates (subject to hydrolysis) is 1. The molecule has 0 saturated carbocycles. The highest BCUT2D eigenvalue weighted by atomic mass is 16.5. The molecule has 0 aromatic heterocycles. The van der Waals surface area contributed by atoms with E-state index in [-0.39, 0.29) is 38.5 Å². The molecule has 0 radical (unpaired) electrons. The fourth-order valence-electron chi connectivity index (χ4n) is 3.62. The smallest absolute Gasteiger partial charge is 0.407 e. The number of carbonyl (C=O) groups excluding carboxylic acids is 2. The maximum atomic E-state index is 12.3. The van der Waals surface area contributed by atoms with Gasteiger partial charge in [-0.05, 0) is 28.7 Å². The van der Waals surface area contributed by atoms with Crippen LogP contribution in [0.1, 0.15) is 29.9 Å². The van der Waals surface area contributed by atoms with Gasteiger partial charge in [0.1, 0.15) is 12.6 Å². The molecular weight excluding hydrogens is 388 g/mol. The van der Waals surface area contributed by atoms with Crippen LogP contribution in [-0.2, 0) is 14.3 Å². The van der Waals surface area contributed by atoms with E-state index in [9.17, 15) is 14.4 Å². The largest absolute Gasteiger partial charge is 0.481 e. The number of aliphatic hydroxyl groups is 1. The molecule has 0 aliphatic heterocycles. The first-order chi connectivity index (χ1) is 14.5. The molecule has 0 fully saturated rings. The molecule has 158 valence electrons. The summed E-state index contributed by atoms with van der Waals surface area (Å²) in [5.74, 6) is -1.77. The minimum Gasteiger partial charge on any atom is -0.481 e. The van der Waals surface area contributed by atoms with Crippen LogP contribution in [0.5, 0.6) is 0 Å². The standard InChI is InChI=1S/C22H24N2O6/c25-12-11-23-21(28)19(9-10-20(26)27)24-22(29)30-13-18-16-7-3-1-5-14(16)15-6-2-4-8-17(15)18/h1-8,18-19,25H,9-13H2,(H,23,28)(H,24,29)(H,26,27). The maximum absolute atomic E-state index is 12.3. The van der Waals surface area contributed by atoms with E-state index in [0.717, 1.165) is 22.3 Å². The van der Waals surface area contributed by atoms with Crippen LogP contribution in [0.3, 0.4) is 0 Å². The van der Waals surface area contributed by atoms with Gasteiger partial charge < -0.3 is 25.6 Å². The highest BCUT2D eigenvalue weighted by molar-refractivity contribution is 5.86. The molecule has 1 unspecified atom stereocenters. The molecule has 2 amide bonds. The van der Waals surface area contributed by atoms with E-state index in [0.29, 0.717) is 0 Å². The molecule has 0 bridgehead atoms. The van der Waals surface area contributed by atoms with Crippen molar-refractivity contribution in [1.29, 1.82) is 0 Å². The number of ether oxygens (including phenoxy) is 1. The average Bonchev–Trinajstić information content (AvgIpc) is 3.07. The predicted molar refractivity (Wildman–Crippen MR) is 109 cm³/mol. The van der Waals surface area contributed by atoms with Crippen LogP contribution in [0, 0.1) is 0 Å². The van der Waals surface area contributed by atoms with E-state index in [1.54, 1.807) is 0 Å². The van der Waals surface area contributed by atoms with Gasteiger partial charge in [-0.3, -0.25) is 9.59 Å². The van der Waals surface area contributed by atoms with Crippen molar-refractivity contribution in [2.45, 2.75) is 24.8 Å². The lowest BCUT2D eigenvalue weighted by atomic mass is 9.98. The number of hydrogen-bond acceptors (Lipinski definition) is 5. The van der Waals surface area contributed by atoms with Crippen molar-refractivity contribution in [3.63, 3.8) is 0 Å². The Morgan fingerprint density at radius 3 is 2.17 bits per heavy atom. The van der Waals surface area contributed by atoms with Crippen LogP contribution in [0.2, 0.25) is 0 Å². The van der Waals surface area contributed by atoms with Crippen molar-refractivity contribution in [3.05, 3.63) is 59.7 Å². The zero-order valence-corrected chi connectivity index (χ0v) is 16.3. The van der Waals surface area contributed by atoms with E-state index in [1.807, 2.05) is 48.5 Å². The van der Waals surface area contributed by atoms with Crippen molar-refractivity contribution < 1.29 is 29.3 Å². The Morgan fingerprint density at radius 2 is 1.60 bits per heavy atom. The number of carbonyl (C=O) groups is 3. The summed E-state index contributed by atoms with van der Waals surface area (Å²) in [6.45, 7) is -0.166. The lowest BCUT2D eigenvalue weighted by Crippen LogP contribution is -2.47. The van der Waals surface area contributed by atoms with Crippen LogP contribution in [0.4, 0.5) is 4.79 Å². The minimum atomic E-state index is -1.08. The van der Waals surface area contributed by atoms with Crippen LogP contribution >= 0.6 is 0 Å². The molecule has 8 nitrogen and oxygen atoms in total. The van der Waals surface area contributed by atoms with E-state index >= 15 is 0 Å². The Morgan fingerprint density at radius 1 is 1.00 bits per heavy atom. The van der Waals surface area contributed by atoms with Crippen molar-refractivity contribution in [1.82, 2.24) is 10.6 Å². The molecule has 0 spiro atoms. The van der Waals surface area contributed by atoms with Gasteiger partial charge in [-0.2, -0.15) is 0 Å². The molecule has 2 aromatic rings.